The Morgan fingerprint density at radius 1 is 1.08 bits per heavy atom. The summed E-state index contributed by atoms with van der Waals surface area (Å²) >= 11 is 0. The molecule has 0 aromatic heterocycles. The number of anilines is 1. The number of methoxy groups -OCH3 is 2. The highest BCUT2D eigenvalue weighted by molar-refractivity contribution is 6.03. The normalized spacial score (nSPS) is 10.1. The average Bonchev–Trinajstić information content (AvgIpc) is 2.55. The number of benzene rings is 2. The predicted molar refractivity (Wildman–Crippen MR) is 91.6 cm³/mol. The van der Waals surface area contributed by atoms with Gasteiger partial charge in [-0.15, -0.1) is 0 Å². The van der Waals surface area contributed by atoms with Crippen LogP contribution in [0.4, 0.5) is 5.69 Å². The van der Waals surface area contributed by atoms with Crippen molar-refractivity contribution in [3.8, 4) is 11.5 Å². The van der Waals surface area contributed by atoms with E-state index in [9.17, 15) is 9.59 Å². The first-order chi connectivity index (χ1) is 11.5. The van der Waals surface area contributed by atoms with Crippen LogP contribution in [0.25, 0.3) is 0 Å². The summed E-state index contributed by atoms with van der Waals surface area (Å²) in [5.74, 6) is 0.429. The van der Waals surface area contributed by atoms with Crippen molar-refractivity contribution in [3.63, 3.8) is 0 Å². The summed E-state index contributed by atoms with van der Waals surface area (Å²) in [6, 6.07) is 10.2. The standard InChI is InChI=1S/C18H20N2O4/c1-11-15(23-2)9-8-12(17(11)24-3)10-16(21)20-14-7-5-4-6-13(14)18(19)22/h4-9H,10H2,1-3H3,(H2,19,22)(H,20,21). The topological polar surface area (TPSA) is 90.6 Å². The molecule has 0 saturated heterocycles. The molecular weight excluding hydrogens is 308 g/mol. The van der Waals surface area contributed by atoms with Gasteiger partial charge in [-0.3, -0.25) is 9.59 Å². The van der Waals surface area contributed by atoms with Crippen LogP contribution in [0.15, 0.2) is 36.4 Å². The first-order valence-electron chi connectivity index (χ1n) is 7.37. The van der Waals surface area contributed by atoms with Crippen molar-refractivity contribution in [2.75, 3.05) is 19.5 Å². The summed E-state index contributed by atoms with van der Waals surface area (Å²) in [4.78, 5) is 23.8. The molecule has 3 N–H and O–H groups in total. The number of ether oxygens (including phenoxy) is 2. The lowest BCUT2D eigenvalue weighted by Crippen LogP contribution is -2.19. The first kappa shape index (κ1) is 17.3. The Bertz CT molecular complexity index is 772. The molecule has 2 amide bonds. The van der Waals surface area contributed by atoms with Crippen molar-refractivity contribution in [2.45, 2.75) is 13.3 Å². The van der Waals surface area contributed by atoms with Gasteiger partial charge in [0, 0.05) is 11.1 Å². The molecule has 6 nitrogen and oxygen atoms in total. The SMILES string of the molecule is COc1ccc(CC(=O)Nc2ccccc2C(N)=O)c(OC)c1C. The van der Waals surface area contributed by atoms with Crippen molar-refractivity contribution in [3.05, 3.63) is 53.1 Å². The summed E-state index contributed by atoms with van der Waals surface area (Å²) in [6.07, 6.45) is 0.0983. The number of amides is 2. The molecule has 0 atom stereocenters. The van der Waals surface area contributed by atoms with Gasteiger partial charge in [-0.2, -0.15) is 0 Å². The monoisotopic (exact) mass is 328 g/mol. The lowest BCUT2D eigenvalue weighted by Gasteiger charge is -2.15. The second kappa shape index (κ2) is 7.50. The Kier molecular flexibility index (Phi) is 5.42. The number of hydrogen-bond acceptors (Lipinski definition) is 4. The van der Waals surface area contributed by atoms with Gasteiger partial charge in [0.15, 0.2) is 0 Å². The van der Waals surface area contributed by atoms with E-state index in [1.807, 2.05) is 6.92 Å². The van der Waals surface area contributed by atoms with Crippen LogP contribution in [0, 0.1) is 6.92 Å². The van der Waals surface area contributed by atoms with Gasteiger partial charge in [-0.1, -0.05) is 18.2 Å². The Hall–Kier alpha value is -3.02. The summed E-state index contributed by atoms with van der Waals surface area (Å²) < 4.78 is 10.7. The highest BCUT2D eigenvalue weighted by atomic mass is 16.5. The van der Waals surface area contributed by atoms with Crippen LogP contribution in [0.1, 0.15) is 21.5 Å². The van der Waals surface area contributed by atoms with Crippen LogP contribution in [0.5, 0.6) is 11.5 Å². The molecule has 2 aromatic carbocycles. The van der Waals surface area contributed by atoms with Gasteiger partial charge in [0.25, 0.3) is 5.91 Å². The van der Waals surface area contributed by atoms with Gasteiger partial charge >= 0.3 is 0 Å². The number of nitrogens with one attached hydrogen (secondary N) is 1. The minimum Gasteiger partial charge on any atom is -0.496 e. The minimum atomic E-state index is -0.594. The average molecular weight is 328 g/mol. The molecule has 0 aliphatic rings. The number of carbonyl (C=O) groups is 2. The van der Waals surface area contributed by atoms with Crippen LogP contribution in [-0.2, 0) is 11.2 Å². The third-order valence-electron chi connectivity index (χ3n) is 3.68. The largest absolute Gasteiger partial charge is 0.496 e. The Balaban J connectivity index is 2.22. The van der Waals surface area contributed by atoms with Crippen molar-refractivity contribution in [2.24, 2.45) is 5.73 Å². The fourth-order valence-corrected chi connectivity index (χ4v) is 2.55. The molecule has 0 aliphatic heterocycles. The lowest BCUT2D eigenvalue weighted by molar-refractivity contribution is -0.115. The summed E-state index contributed by atoms with van der Waals surface area (Å²) in [7, 11) is 3.13. The second-order valence-corrected chi connectivity index (χ2v) is 5.22. The molecule has 0 heterocycles. The van der Waals surface area contributed by atoms with Crippen molar-refractivity contribution in [1.82, 2.24) is 0 Å². The Morgan fingerprint density at radius 3 is 2.42 bits per heavy atom. The van der Waals surface area contributed by atoms with Crippen LogP contribution in [0.3, 0.4) is 0 Å². The van der Waals surface area contributed by atoms with E-state index >= 15 is 0 Å². The molecule has 0 fully saturated rings. The maximum Gasteiger partial charge on any atom is 0.250 e. The molecule has 0 aliphatic carbocycles. The first-order valence-corrected chi connectivity index (χ1v) is 7.37. The smallest absolute Gasteiger partial charge is 0.250 e. The number of hydrogen-bond donors (Lipinski definition) is 2. The molecule has 0 bridgehead atoms. The van der Waals surface area contributed by atoms with Gasteiger partial charge in [0.05, 0.1) is 31.9 Å². The third-order valence-corrected chi connectivity index (χ3v) is 3.68. The van der Waals surface area contributed by atoms with E-state index in [1.54, 1.807) is 50.6 Å². The van der Waals surface area contributed by atoms with Crippen LogP contribution in [0.2, 0.25) is 0 Å². The maximum absolute atomic E-state index is 12.3. The number of primary amides is 1. The van der Waals surface area contributed by atoms with Crippen LogP contribution >= 0.6 is 0 Å². The highest BCUT2D eigenvalue weighted by Crippen LogP contribution is 2.31. The molecule has 2 aromatic rings. The molecule has 0 radical (unpaired) electrons. The van der Waals surface area contributed by atoms with Crippen molar-refractivity contribution in [1.29, 1.82) is 0 Å². The van der Waals surface area contributed by atoms with Crippen molar-refractivity contribution >= 4 is 17.5 Å². The number of rotatable bonds is 6. The van der Waals surface area contributed by atoms with Gasteiger partial charge < -0.3 is 20.5 Å². The van der Waals surface area contributed by atoms with Crippen LogP contribution < -0.4 is 20.5 Å². The zero-order valence-electron chi connectivity index (χ0n) is 13.9. The zero-order chi connectivity index (χ0) is 17.7. The van der Waals surface area contributed by atoms with E-state index in [2.05, 4.69) is 5.32 Å². The van der Waals surface area contributed by atoms with Gasteiger partial charge in [0.1, 0.15) is 11.5 Å². The molecule has 0 unspecified atom stereocenters. The fraction of sp³-hybridized carbons (Fsp3) is 0.222. The van der Waals surface area contributed by atoms with E-state index in [4.69, 9.17) is 15.2 Å². The maximum atomic E-state index is 12.3. The lowest BCUT2D eigenvalue weighted by atomic mass is 10.0. The Labute approximate surface area is 140 Å². The van der Waals surface area contributed by atoms with Crippen LogP contribution in [-0.4, -0.2) is 26.0 Å². The van der Waals surface area contributed by atoms with E-state index in [1.165, 1.54) is 0 Å². The Morgan fingerprint density at radius 2 is 1.79 bits per heavy atom. The van der Waals surface area contributed by atoms with E-state index in [0.717, 1.165) is 11.1 Å². The van der Waals surface area contributed by atoms with E-state index < -0.39 is 5.91 Å². The summed E-state index contributed by atoms with van der Waals surface area (Å²) in [5.41, 5.74) is 7.52. The quantitative estimate of drug-likeness (QED) is 0.851. The molecule has 0 saturated carbocycles. The summed E-state index contributed by atoms with van der Waals surface area (Å²) in [6.45, 7) is 1.86. The predicted octanol–water partition coefficient (Wildman–Crippen LogP) is 2.29. The highest BCUT2D eigenvalue weighted by Gasteiger charge is 2.16. The van der Waals surface area contributed by atoms with Gasteiger partial charge in [0.2, 0.25) is 5.91 Å². The van der Waals surface area contributed by atoms with Gasteiger partial charge in [-0.25, -0.2) is 0 Å². The molecule has 126 valence electrons. The number of para-hydroxylation sites is 1. The van der Waals surface area contributed by atoms with E-state index in [0.29, 0.717) is 17.2 Å². The minimum absolute atomic E-state index is 0.0983. The zero-order valence-corrected chi connectivity index (χ0v) is 13.9. The number of nitrogens with two attached hydrogens (primary N) is 1. The number of carbonyl (C=O) groups excluding carboxylic acids is 2. The molecule has 6 heteroatoms. The van der Waals surface area contributed by atoms with E-state index in [-0.39, 0.29) is 17.9 Å². The molecule has 2 rings (SSSR count). The molecule has 24 heavy (non-hydrogen) atoms. The molecular formula is C18H20N2O4. The van der Waals surface area contributed by atoms with Gasteiger partial charge in [-0.05, 0) is 25.1 Å². The fourth-order valence-electron chi connectivity index (χ4n) is 2.55. The van der Waals surface area contributed by atoms with Crippen molar-refractivity contribution < 1.29 is 19.1 Å². The summed E-state index contributed by atoms with van der Waals surface area (Å²) in [5, 5.41) is 2.71. The second-order valence-electron chi connectivity index (χ2n) is 5.22. The molecule has 0 spiro atoms. The third kappa shape index (κ3) is 3.65.